The first-order valence-corrected chi connectivity index (χ1v) is 8.19. The molecular weight excluding hydrogens is 296 g/mol. The summed E-state index contributed by atoms with van der Waals surface area (Å²) in [7, 11) is 0. The summed E-state index contributed by atoms with van der Waals surface area (Å²) in [5.74, 6) is -0.176. The van der Waals surface area contributed by atoms with Crippen molar-refractivity contribution >= 4 is 23.2 Å². The minimum atomic E-state index is -0.0931. The molecule has 2 amide bonds. The van der Waals surface area contributed by atoms with Crippen LogP contribution in [0.4, 0.5) is 0 Å². The molecule has 0 aliphatic carbocycles. The van der Waals surface area contributed by atoms with Crippen LogP contribution in [0.2, 0.25) is 0 Å². The normalized spacial score (nSPS) is 11.7. The standard InChI is InChI=1S/C17H20N2O2S/c1-3-12(2)19-16(20)14-7-4-6-13(10-14)11-18-17(21)15-8-5-9-22-15/h4-10,12H,3,11H2,1-2H3,(H,18,21)(H,19,20). The maximum absolute atomic E-state index is 12.1. The molecule has 5 heteroatoms. The summed E-state index contributed by atoms with van der Waals surface area (Å²) in [5.41, 5.74) is 1.52. The predicted molar refractivity (Wildman–Crippen MR) is 89.2 cm³/mol. The smallest absolute Gasteiger partial charge is 0.261 e. The first-order valence-electron chi connectivity index (χ1n) is 7.31. The van der Waals surface area contributed by atoms with E-state index in [1.165, 1.54) is 11.3 Å². The first kappa shape index (κ1) is 16.2. The molecule has 0 radical (unpaired) electrons. The number of benzene rings is 1. The highest BCUT2D eigenvalue weighted by Gasteiger charge is 2.10. The second-order valence-corrected chi connectivity index (χ2v) is 6.09. The van der Waals surface area contributed by atoms with Gasteiger partial charge in [-0.1, -0.05) is 25.1 Å². The van der Waals surface area contributed by atoms with Crippen LogP contribution in [0, 0.1) is 0 Å². The lowest BCUT2D eigenvalue weighted by atomic mass is 10.1. The molecule has 0 aliphatic rings. The Morgan fingerprint density at radius 1 is 1.18 bits per heavy atom. The highest BCUT2D eigenvalue weighted by atomic mass is 32.1. The molecule has 0 bridgehead atoms. The SMILES string of the molecule is CCC(C)NC(=O)c1cccc(CNC(=O)c2cccs2)c1. The topological polar surface area (TPSA) is 58.2 Å². The van der Waals surface area contributed by atoms with E-state index >= 15 is 0 Å². The molecule has 1 aromatic heterocycles. The molecule has 0 saturated carbocycles. The van der Waals surface area contributed by atoms with Crippen LogP contribution in [0.1, 0.15) is 45.9 Å². The van der Waals surface area contributed by atoms with E-state index in [9.17, 15) is 9.59 Å². The second kappa shape index (κ2) is 7.75. The molecule has 1 heterocycles. The van der Waals surface area contributed by atoms with Crippen molar-refractivity contribution in [3.8, 4) is 0 Å². The third-order valence-corrected chi connectivity index (χ3v) is 4.25. The average Bonchev–Trinajstić information content (AvgIpc) is 3.07. The van der Waals surface area contributed by atoms with E-state index in [2.05, 4.69) is 10.6 Å². The average molecular weight is 316 g/mol. The zero-order valence-corrected chi connectivity index (χ0v) is 13.6. The lowest BCUT2D eigenvalue weighted by molar-refractivity contribution is 0.0937. The van der Waals surface area contributed by atoms with E-state index in [0.717, 1.165) is 12.0 Å². The molecule has 1 atom stereocenters. The molecule has 22 heavy (non-hydrogen) atoms. The Balaban J connectivity index is 1.96. The van der Waals surface area contributed by atoms with Crippen molar-refractivity contribution in [2.24, 2.45) is 0 Å². The fourth-order valence-electron chi connectivity index (χ4n) is 1.91. The summed E-state index contributed by atoms with van der Waals surface area (Å²) in [6, 6.07) is 11.1. The summed E-state index contributed by atoms with van der Waals surface area (Å²) in [6.07, 6.45) is 0.891. The largest absolute Gasteiger partial charge is 0.350 e. The number of amides is 2. The van der Waals surface area contributed by atoms with Gasteiger partial charge in [0.15, 0.2) is 0 Å². The van der Waals surface area contributed by atoms with Crippen LogP contribution in [0.5, 0.6) is 0 Å². The van der Waals surface area contributed by atoms with Gasteiger partial charge in [-0.15, -0.1) is 11.3 Å². The maximum Gasteiger partial charge on any atom is 0.261 e. The van der Waals surface area contributed by atoms with Gasteiger partial charge < -0.3 is 10.6 Å². The van der Waals surface area contributed by atoms with Crippen LogP contribution < -0.4 is 10.6 Å². The van der Waals surface area contributed by atoms with Gasteiger partial charge in [-0.3, -0.25) is 9.59 Å². The molecule has 2 aromatic rings. The molecule has 4 nitrogen and oxygen atoms in total. The van der Waals surface area contributed by atoms with Crippen molar-refractivity contribution < 1.29 is 9.59 Å². The van der Waals surface area contributed by atoms with Gasteiger partial charge >= 0.3 is 0 Å². The summed E-state index contributed by atoms with van der Waals surface area (Å²) in [5, 5.41) is 7.66. The zero-order chi connectivity index (χ0) is 15.9. The number of nitrogens with one attached hydrogen (secondary N) is 2. The summed E-state index contributed by atoms with van der Waals surface area (Å²) in [6.45, 7) is 4.41. The second-order valence-electron chi connectivity index (χ2n) is 5.14. The minimum Gasteiger partial charge on any atom is -0.350 e. The Morgan fingerprint density at radius 2 is 2.00 bits per heavy atom. The predicted octanol–water partition coefficient (Wildman–Crippen LogP) is 3.21. The van der Waals surface area contributed by atoms with E-state index in [4.69, 9.17) is 0 Å². The molecule has 0 spiro atoms. The van der Waals surface area contributed by atoms with E-state index < -0.39 is 0 Å². The maximum atomic E-state index is 12.1. The van der Waals surface area contributed by atoms with Gasteiger partial charge in [0.05, 0.1) is 4.88 Å². The first-order chi connectivity index (χ1) is 10.6. The Kier molecular flexibility index (Phi) is 5.72. The van der Waals surface area contributed by atoms with Gasteiger partial charge in [0.2, 0.25) is 0 Å². The van der Waals surface area contributed by atoms with Crippen LogP contribution in [-0.4, -0.2) is 17.9 Å². The molecule has 2 rings (SSSR count). The van der Waals surface area contributed by atoms with E-state index in [0.29, 0.717) is 17.0 Å². The van der Waals surface area contributed by atoms with Crippen LogP contribution in [-0.2, 0) is 6.54 Å². The quantitative estimate of drug-likeness (QED) is 0.860. The number of carbonyl (C=O) groups is 2. The number of hydrogen-bond donors (Lipinski definition) is 2. The van der Waals surface area contributed by atoms with Crippen LogP contribution in [0.3, 0.4) is 0 Å². The molecule has 2 N–H and O–H groups in total. The fraction of sp³-hybridized carbons (Fsp3) is 0.294. The molecule has 0 aliphatic heterocycles. The van der Waals surface area contributed by atoms with Gasteiger partial charge in [0, 0.05) is 18.2 Å². The van der Waals surface area contributed by atoms with Gasteiger partial charge in [0.25, 0.3) is 11.8 Å². The van der Waals surface area contributed by atoms with Gasteiger partial charge in [-0.05, 0) is 42.5 Å². The lowest BCUT2D eigenvalue weighted by Crippen LogP contribution is -2.32. The lowest BCUT2D eigenvalue weighted by Gasteiger charge is -2.12. The van der Waals surface area contributed by atoms with Crippen molar-refractivity contribution in [1.82, 2.24) is 10.6 Å². The highest BCUT2D eigenvalue weighted by Crippen LogP contribution is 2.10. The third kappa shape index (κ3) is 4.43. The van der Waals surface area contributed by atoms with Gasteiger partial charge in [-0.2, -0.15) is 0 Å². The van der Waals surface area contributed by atoms with Crippen LogP contribution in [0.15, 0.2) is 41.8 Å². The van der Waals surface area contributed by atoms with Crippen molar-refractivity contribution in [2.75, 3.05) is 0 Å². The third-order valence-electron chi connectivity index (χ3n) is 3.38. The zero-order valence-electron chi connectivity index (χ0n) is 12.8. The highest BCUT2D eigenvalue weighted by molar-refractivity contribution is 7.12. The molecule has 0 fully saturated rings. The van der Waals surface area contributed by atoms with Gasteiger partial charge in [-0.25, -0.2) is 0 Å². The monoisotopic (exact) mass is 316 g/mol. The number of rotatable bonds is 6. The molecular formula is C17H20N2O2S. The summed E-state index contributed by atoms with van der Waals surface area (Å²) < 4.78 is 0. The van der Waals surface area contributed by atoms with Crippen LogP contribution >= 0.6 is 11.3 Å². The van der Waals surface area contributed by atoms with E-state index in [1.54, 1.807) is 12.1 Å². The van der Waals surface area contributed by atoms with Crippen molar-refractivity contribution in [1.29, 1.82) is 0 Å². The Bertz CT molecular complexity index is 638. The summed E-state index contributed by atoms with van der Waals surface area (Å²) >= 11 is 1.41. The fourth-order valence-corrected chi connectivity index (χ4v) is 2.55. The minimum absolute atomic E-state index is 0.0826. The Hall–Kier alpha value is -2.14. The van der Waals surface area contributed by atoms with E-state index in [1.807, 2.05) is 43.5 Å². The van der Waals surface area contributed by atoms with E-state index in [-0.39, 0.29) is 17.9 Å². The Morgan fingerprint density at radius 3 is 2.68 bits per heavy atom. The number of hydrogen-bond acceptors (Lipinski definition) is 3. The van der Waals surface area contributed by atoms with Crippen molar-refractivity contribution in [3.05, 3.63) is 57.8 Å². The number of carbonyl (C=O) groups excluding carboxylic acids is 2. The molecule has 1 aromatic carbocycles. The molecule has 0 saturated heterocycles. The number of thiophene rings is 1. The molecule has 116 valence electrons. The van der Waals surface area contributed by atoms with Crippen LogP contribution in [0.25, 0.3) is 0 Å². The van der Waals surface area contributed by atoms with Gasteiger partial charge in [0.1, 0.15) is 0 Å². The van der Waals surface area contributed by atoms with Crippen molar-refractivity contribution in [2.45, 2.75) is 32.9 Å². The molecule has 1 unspecified atom stereocenters. The Labute approximate surface area is 134 Å². The van der Waals surface area contributed by atoms with Crippen molar-refractivity contribution in [3.63, 3.8) is 0 Å². The summed E-state index contributed by atoms with van der Waals surface area (Å²) in [4.78, 5) is 24.7.